The van der Waals surface area contributed by atoms with E-state index in [0.717, 1.165) is 22.6 Å². The molecular formula is C23H21N3O3S. The van der Waals surface area contributed by atoms with E-state index in [9.17, 15) is 4.79 Å². The number of carbonyl (C=O) groups excluding carboxylic acids is 1. The summed E-state index contributed by atoms with van der Waals surface area (Å²) in [4.78, 5) is 14.0. The van der Waals surface area contributed by atoms with Crippen LogP contribution in [-0.2, 0) is 0 Å². The zero-order valence-corrected chi connectivity index (χ0v) is 17.8. The lowest BCUT2D eigenvalue weighted by Crippen LogP contribution is -2.12. The Bertz CT molecular complexity index is 1170. The molecule has 2 aromatic carbocycles. The summed E-state index contributed by atoms with van der Waals surface area (Å²) in [6, 6.07) is 17.4. The minimum atomic E-state index is -0.0589. The van der Waals surface area contributed by atoms with Gasteiger partial charge in [0, 0.05) is 33.1 Å². The van der Waals surface area contributed by atoms with Gasteiger partial charge in [0.15, 0.2) is 6.61 Å². The van der Waals surface area contributed by atoms with Crippen LogP contribution in [0.2, 0.25) is 0 Å². The maximum atomic E-state index is 12.8. The fraction of sp³-hybridized carbons (Fsp3) is 0.174. The van der Waals surface area contributed by atoms with Crippen molar-refractivity contribution in [2.45, 2.75) is 18.7 Å². The van der Waals surface area contributed by atoms with Crippen LogP contribution in [-0.4, -0.2) is 33.4 Å². The molecule has 152 valence electrons. The Labute approximate surface area is 178 Å². The number of hydrogen-bond donors (Lipinski definition) is 0. The van der Waals surface area contributed by atoms with Gasteiger partial charge in [0.2, 0.25) is 18.1 Å². The highest BCUT2D eigenvalue weighted by Gasteiger charge is 2.17. The second-order valence-electron chi connectivity index (χ2n) is 6.80. The van der Waals surface area contributed by atoms with Crippen LogP contribution in [0, 0.1) is 13.8 Å². The monoisotopic (exact) mass is 419 g/mol. The number of aromatic nitrogens is 3. The maximum Gasteiger partial charge on any atom is 0.247 e. The van der Waals surface area contributed by atoms with Crippen molar-refractivity contribution in [3.05, 3.63) is 77.9 Å². The van der Waals surface area contributed by atoms with Crippen molar-refractivity contribution >= 4 is 17.5 Å². The molecule has 0 amide bonds. The van der Waals surface area contributed by atoms with Crippen LogP contribution in [0.4, 0.5) is 0 Å². The van der Waals surface area contributed by atoms with E-state index in [4.69, 9.17) is 9.15 Å². The predicted octanol–water partition coefficient (Wildman–Crippen LogP) is 5.13. The van der Waals surface area contributed by atoms with Crippen LogP contribution in [0.3, 0.4) is 0 Å². The van der Waals surface area contributed by atoms with Gasteiger partial charge in [-0.3, -0.25) is 4.79 Å². The lowest BCUT2D eigenvalue weighted by atomic mass is 10.1. The Balaban J connectivity index is 1.49. The van der Waals surface area contributed by atoms with Crippen molar-refractivity contribution in [3.8, 4) is 22.9 Å². The summed E-state index contributed by atoms with van der Waals surface area (Å²) >= 11 is 1.69. The number of carbonyl (C=O) groups is 1. The highest BCUT2D eigenvalue weighted by molar-refractivity contribution is 7.98. The quantitative estimate of drug-likeness (QED) is 0.306. The minimum Gasteiger partial charge on any atom is -0.485 e. The van der Waals surface area contributed by atoms with Crippen molar-refractivity contribution < 1.29 is 13.9 Å². The number of hydrogen-bond acceptors (Lipinski definition) is 6. The second-order valence-corrected chi connectivity index (χ2v) is 7.68. The van der Waals surface area contributed by atoms with Gasteiger partial charge in [-0.05, 0) is 68.6 Å². The van der Waals surface area contributed by atoms with Crippen LogP contribution in [0.15, 0.2) is 70.3 Å². The fourth-order valence-electron chi connectivity index (χ4n) is 3.41. The fourth-order valence-corrected chi connectivity index (χ4v) is 3.86. The van der Waals surface area contributed by atoms with Crippen LogP contribution >= 0.6 is 11.8 Å². The highest BCUT2D eigenvalue weighted by atomic mass is 32.2. The molecule has 0 spiro atoms. The SMILES string of the molecule is CSc1cccc(-n2c(C)cc(C(=O)COc3ccc(-c4nnco4)cc3)c2C)c1. The van der Waals surface area contributed by atoms with Gasteiger partial charge < -0.3 is 13.7 Å². The van der Waals surface area contributed by atoms with E-state index in [-0.39, 0.29) is 12.4 Å². The predicted molar refractivity (Wildman–Crippen MR) is 117 cm³/mol. The third-order valence-electron chi connectivity index (χ3n) is 4.87. The van der Waals surface area contributed by atoms with Crippen LogP contribution in [0.5, 0.6) is 5.75 Å². The molecule has 0 aliphatic rings. The number of ether oxygens (including phenoxy) is 1. The lowest BCUT2D eigenvalue weighted by Gasteiger charge is -2.11. The highest BCUT2D eigenvalue weighted by Crippen LogP contribution is 2.25. The molecule has 0 aliphatic carbocycles. The molecule has 2 aromatic heterocycles. The van der Waals surface area contributed by atoms with Gasteiger partial charge in [-0.15, -0.1) is 22.0 Å². The number of aryl methyl sites for hydroxylation is 1. The first kappa shape index (κ1) is 20.0. The molecule has 0 saturated carbocycles. The molecule has 0 fully saturated rings. The molecule has 0 bridgehead atoms. The third kappa shape index (κ3) is 4.02. The average molecular weight is 420 g/mol. The van der Waals surface area contributed by atoms with Crippen molar-refractivity contribution in [3.63, 3.8) is 0 Å². The zero-order valence-electron chi connectivity index (χ0n) is 17.0. The van der Waals surface area contributed by atoms with Gasteiger partial charge in [-0.2, -0.15) is 0 Å². The topological polar surface area (TPSA) is 70.2 Å². The summed E-state index contributed by atoms with van der Waals surface area (Å²) in [5.41, 5.74) is 4.43. The van der Waals surface area contributed by atoms with E-state index in [2.05, 4.69) is 39.2 Å². The Morgan fingerprint density at radius 1 is 1.13 bits per heavy atom. The molecule has 6 nitrogen and oxygen atoms in total. The first-order valence-electron chi connectivity index (χ1n) is 9.43. The van der Waals surface area contributed by atoms with Crippen molar-refractivity contribution in [1.29, 1.82) is 0 Å². The molecule has 0 radical (unpaired) electrons. The Hall–Kier alpha value is -3.32. The van der Waals surface area contributed by atoms with Gasteiger partial charge in [-0.25, -0.2) is 0 Å². The van der Waals surface area contributed by atoms with E-state index in [1.54, 1.807) is 23.9 Å². The van der Waals surface area contributed by atoms with Gasteiger partial charge in [0.25, 0.3) is 0 Å². The summed E-state index contributed by atoms with van der Waals surface area (Å²) in [5.74, 6) is 0.986. The minimum absolute atomic E-state index is 0.0327. The number of Topliss-reactive ketones (excluding diaryl/α,β-unsaturated/α-hetero) is 1. The van der Waals surface area contributed by atoms with Gasteiger partial charge in [-0.1, -0.05) is 6.07 Å². The van der Waals surface area contributed by atoms with Crippen LogP contribution < -0.4 is 4.74 Å². The molecule has 0 N–H and O–H groups in total. The molecule has 7 heteroatoms. The average Bonchev–Trinajstić information content (AvgIpc) is 3.40. The molecule has 0 atom stereocenters. The van der Waals surface area contributed by atoms with Gasteiger partial charge in [0.1, 0.15) is 5.75 Å². The first-order valence-corrected chi connectivity index (χ1v) is 10.7. The Kier molecular flexibility index (Phi) is 5.72. The largest absolute Gasteiger partial charge is 0.485 e. The normalized spacial score (nSPS) is 10.9. The van der Waals surface area contributed by atoms with Crippen LogP contribution in [0.1, 0.15) is 21.7 Å². The summed E-state index contributed by atoms with van der Waals surface area (Å²) in [5, 5.41) is 7.54. The number of nitrogens with zero attached hydrogens (tertiary/aromatic N) is 3. The van der Waals surface area contributed by atoms with E-state index in [1.165, 1.54) is 11.3 Å². The van der Waals surface area contributed by atoms with E-state index < -0.39 is 0 Å². The van der Waals surface area contributed by atoms with Gasteiger partial charge in [0.05, 0.1) is 0 Å². The summed E-state index contributed by atoms with van der Waals surface area (Å²) in [6.07, 6.45) is 3.33. The number of thioether (sulfide) groups is 1. The molecule has 0 unspecified atom stereocenters. The van der Waals surface area contributed by atoms with Crippen molar-refractivity contribution in [1.82, 2.24) is 14.8 Å². The molecule has 4 rings (SSSR count). The summed E-state index contributed by atoms with van der Waals surface area (Å²) in [7, 11) is 0. The smallest absolute Gasteiger partial charge is 0.247 e. The molecule has 0 aliphatic heterocycles. The maximum absolute atomic E-state index is 12.8. The molecule has 4 aromatic rings. The third-order valence-corrected chi connectivity index (χ3v) is 5.60. The zero-order chi connectivity index (χ0) is 21.1. The Morgan fingerprint density at radius 2 is 1.93 bits per heavy atom. The summed E-state index contributed by atoms with van der Waals surface area (Å²) < 4.78 is 13.0. The van der Waals surface area contributed by atoms with Crippen molar-refractivity contribution in [2.75, 3.05) is 12.9 Å². The van der Waals surface area contributed by atoms with E-state index >= 15 is 0 Å². The lowest BCUT2D eigenvalue weighted by molar-refractivity contribution is 0.0921. The molecule has 0 saturated heterocycles. The number of rotatable bonds is 7. The van der Waals surface area contributed by atoms with E-state index in [0.29, 0.717) is 17.2 Å². The standard InChI is InChI=1S/C23H21N3O3S/c1-15-11-21(16(2)26(15)18-5-4-6-20(12-18)30-3)22(27)13-28-19-9-7-17(8-10-19)23-25-24-14-29-23/h4-12,14H,13H2,1-3H3. The second kappa shape index (κ2) is 8.59. The molecule has 30 heavy (non-hydrogen) atoms. The molecular weight excluding hydrogens is 398 g/mol. The summed E-state index contributed by atoms with van der Waals surface area (Å²) in [6.45, 7) is 3.94. The first-order chi connectivity index (χ1) is 14.6. The van der Waals surface area contributed by atoms with E-state index in [1.807, 2.05) is 38.1 Å². The number of ketones is 1. The van der Waals surface area contributed by atoms with Crippen molar-refractivity contribution in [2.24, 2.45) is 0 Å². The Morgan fingerprint density at radius 3 is 2.63 bits per heavy atom. The molecule has 2 heterocycles. The van der Waals surface area contributed by atoms with Crippen LogP contribution in [0.25, 0.3) is 17.1 Å². The number of benzene rings is 2. The van der Waals surface area contributed by atoms with Gasteiger partial charge >= 0.3 is 0 Å².